The molecule has 1 heterocycles. The second-order valence-electron chi connectivity index (χ2n) is 4.91. The van der Waals surface area contributed by atoms with Gasteiger partial charge in [-0.05, 0) is 31.2 Å². The molecule has 114 valence electrons. The van der Waals surface area contributed by atoms with Crippen LogP contribution in [0.5, 0.6) is 0 Å². The van der Waals surface area contributed by atoms with Crippen molar-refractivity contribution in [3.63, 3.8) is 0 Å². The maximum Gasteiger partial charge on any atom is 0.287 e. The molecule has 0 fully saturated rings. The molecule has 0 saturated heterocycles. The lowest BCUT2D eigenvalue weighted by atomic mass is 10.1. The summed E-state index contributed by atoms with van der Waals surface area (Å²) in [6, 6.07) is 9.33. The number of aliphatic hydroxyl groups is 1. The van der Waals surface area contributed by atoms with Crippen molar-refractivity contribution in [2.75, 3.05) is 5.32 Å². The van der Waals surface area contributed by atoms with Gasteiger partial charge in [0.2, 0.25) is 0 Å². The number of nitro benzene ring substituents is 1. The van der Waals surface area contributed by atoms with Gasteiger partial charge in [-0.25, -0.2) is 0 Å². The SMILES string of the molecule is C[C@@H](C[C@@H](O)c1ccco1)Nc1ccc([N+](=O)[O-])c(C#N)c1. The number of nitrogens with zero attached hydrogens (tertiary/aromatic N) is 2. The molecule has 2 rings (SSSR count). The Bertz CT molecular complexity index is 691. The Balaban J connectivity index is 2.04. The van der Waals surface area contributed by atoms with Crippen molar-refractivity contribution >= 4 is 11.4 Å². The molecule has 2 atom stereocenters. The van der Waals surface area contributed by atoms with E-state index in [0.29, 0.717) is 17.9 Å². The van der Waals surface area contributed by atoms with Crippen molar-refractivity contribution in [3.8, 4) is 6.07 Å². The first-order chi connectivity index (χ1) is 10.5. The molecule has 0 aliphatic heterocycles. The van der Waals surface area contributed by atoms with Gasteiger partial charge in [0.25, 0.3) is 5.69 Å². The number of benzene rings is 1. The number of nitrogens with one attached hydrogen (secondary N) is 1. The Labute approximate surface area is 126 Å². The van der Waals surface area contributed by atoms with Crippen LogP contribution in [0.15, 0.2) is 41.0 Å². The lowest BCUT2D eigenvalue weighted by molar-refractivity contribution is -0.385. The first kappa shape index (κ1) is 15.5. The number of rotatable bonds is 6. The van der Waals surface area contributed by atoms with Crippen molar-refractivity contribution in [2.45, 2.75) is 25.5 Å². The van der Waals surface area contributed by atoms with Gasteiger partial charge in [0, 0.05) is 24.2 Å². The monoisotopic (exact) mass is 301 g/mol. The van der Waals surface area contributed by atoms with Crippen LogP contribution in [0.4, 0.5) is 11.4 Å². The Morgan fingerprint density at radius 3 is 2.86 bits per heavy atom. The highest BCUT2D eigenvalue weighted by Gasteiger charge is 2.17. The Morgan fingerprint density at radius 2 is 2.27 bits per heavy atom. The zero-order valence-electron chi connectivity index (χ0n) is 11.9. The van der Waals surface area contributed by atoms with Crippen LogP contribution in [-0.2, 0) is 0 Å². The molecule has 2 N–H and O–H groups in total. The number of nitro groups is 1. The molecule has 0 aliphatic rings. The summed E-state index contributed by atoms with van der Waals surface area (Å²) in [6.45, 7) is 1.86. The molecule has 0 aliphatic carbocycles. The van der Waals surface area contributed by atoms with Crippen molar-refractivity contribution in [3.05, 3.63) is 58.0 Å². The first-order valence-electron chi connectivity index (χ1n) is 6.67. The fourth-order valence-electron chi connectivity index (χ4n) is 2.15. The van der Waals surface area contributed by atoms with Crippen LogP contribution in [0.2, 0.25) is 0 Å². The van der Waals surface area contributed by atoms with Crippen molar-refractivity contribution in [2.24, 2.45) is 0 Å². The largest absolute Gasteiger partial charge is 0.467 e. The Morgan fingerprint density at radius 1 is 1.50 bits per heavy atom. The fourth-order valence-corrected chi connectivity index (χ4v) is 2.15. The second kappa shape index (κ2) is 6.74. The normalized spacial score (nSPS) is 13.1. The summed E-state index contributed by atoms with van der Waals surface area (Å²) in [5.41, 5.74) is 0.353. The van der Waals surface area contributed by atoms with E-state index in [1.54, 1.807) is 12.1 Å². The van der Waals surface area contributed by atoms with Crippen LogP contribution in [0.1, 0.15) is 30.8 Å². The maximum atomic E-state index is 10.8. The Hall–Kier alpha value is -2.85. The van der Waals surface area contributed by atoms with Crippen LogP contribution in [0, 0.1) is 21.4 Å². The van der Waals surface area contributed by atoms with Gasteiger partial charge in [0.15, 0.2) is 0 Å². The van der Waals surface area contributed by atoms with Gasteiger partial charge in [-0.1, -0.05) is 0 Å². The molecule has 0 amide bonds. The van der Waals surface area contributed by atoms with E-state index in [1.165, 1.54) is 24.5 Å². The van der Waals surface area contributed by atoms with E-state index < -0.39 is 11.0 Å². The molecule has 0 unspecified atom stereocenters. The predicted octanol–water partition coefficient (Wildman–Crippen LogP) is 2.98. The molecule has 0 radical (unpaired) electrons. The molecular weight excluding hydrogens is 286 g/mol. The van der Waals surface area contributed by atoms with Crippen LogP contribution < -0.4 is 5.32 Å². The Kier molecular flexibility index (Phi) is 4.76. The van der Waals surface area contributed by atoms with E-state index in [4.69, 9.17) is 9.68 Å². The summed E-state index contributed by atoms with van der Waals surface area (Å²) < 4.78 is 5.13. The lowest BCUT2D eigenvalue weighted by Crippen LogP contribution is -2.18. The smallest absolute Gasteiger partial charge is 0.287 e. The van der Waals surface area contributed by atoms with Gasteiger partial charge in [-0.2, -0.15) is 5.26 Å². The number of furan rings is 1. The molecule has 7 heteroatoms. The van der Waals surface area contributed by atoms with Gasteiger partial charge in [-0.15, -0.1) is 0 Å². The highest BCUT2D eigenvalue weighted by molar-refractivity contribution is 5.58. The van der Waals surface area contributed by atoms with Crippen LogP contribution in [-0.4, -0.2) is 16.1 Å². The topological polar surface area (TPSA) is 112 Å². The summed E-state index contributed by atoms with van der Waals surface area (Å²) >= 11 is 0. The van der Waals surface area contributed by atoms with E-state index in [2.05, 4.69) is 5.32 Å². The minimum absolute atomic E-state index is 0.00576. The number of aliphatic hydroxyl groups excluding tert-OH is 1. The molecule has 7 nitrogen and oxygen atoms in total. The summed E-state index contributed by atoms with van der Waals surface area (Å²) in [4.78, 5) is 10.2. The number of anilines is 1. The average Bonchev–Trinajstić information content (AvgIpc) is 3.00. The molecule has 1 aromatic carbocycles. The van der Waals surface area contributed by atoms with Gasteiger partial charge in [0.1, 0.15) is 23.5 Å². The third-order valence-electron chi connectivity index (χ3n) is 3.18. The van der Waals surface area contributed by atoms with Gasteiger partial charge in [0.05, 0.1) is 11.2 Å². The van der Waals surface area contributed by atoms with Crippen LogP contribution in [0.3, 0.4) is 0 Å². The third-order valence-corrected chi connectivity index (χ3v) is 3.18. The fraction of sp³-hybridized carbons (Fsp3) is 0.267. The molecule has 0 bridgehead atoms. The lowest BCUT2D eigenvalue weighted by Gasteiger charge is -2.18. The van der Waals surface area contributed by atoms with Crippen molar-refractivity contribution < 1.29 is 14.4 Å². The zero-order valence-corrected chi connectivity index (χ0v) is 11.9. The minimum Gasteiger partial charge on any atom is -0.467 e. The van der Waals surface area contributed by atoms with E-state index >= 15 is 0 Å². The average molecular weight is 301 g/mol. The van der Waals surface area contributed by atoms with Crippen molar-refractivity contribution in [1.82, 2.24) is 0 Å². The predicted molar refractivity (Wildman–Crippen MR) is 79.2 cm³/mol. The van der Waals surface area contributed by atoms with Gasteiger partial charge in [-0.3, -0.25) is 10.1 Å². The van der Waals surface area contributed by atoms with E-state index in [1.807, 2.05) is 13.0 Å². The van der Waals surface area contributed by atoms with E-state index in [9.17, 15) is 15.2 Å². The molecule has 1 aromatic heterocycles. The quantitative estimate of drug-likeness (QED) is 0.626. The van der Waals surface area contributed by atoms with E-state index in [0.717, 1.165) is 0 Å². The zero-order chi connectivity index (χ0) is 16.1. The highest BCUT2D eigenvalue weighted by Crippen LogP contribution is 2.24. The molecule has 0 saturated carbocycles. The molecule has 2 aromatic rings. The molecule has 0 spiro atoms. The van der Waals surface area contributed by atoms with E-state index in [-0.39, 0.29) is 17.3 Å². The number of hydrogen-bond acceptors (Lipinski definition) is 6. The number of nitriles is 1. The number of hydrogen-bond donors (Lipinski definition) is 2. The maximum absolute atomic E-state index is 10.8. The standard InChI is InChI=1S/C15H15N3O4/c1-10(7-14(19)15-3-2-6-22-15)17-12-4-5-13(18(20)21)11(8-12)9-16/h2-6,8,10,14,17,19H,7H2,1H3/t10-,14+/m0/s1. The summed E-state index contributed by atoms with van der Waals surface area (Å²) in [6.07, 6.45) is 1.14. The first-order valence-corrected chi connectivity index (χ1v) is 6.67. The summed E-state index contributed by atoms with van der Waals surface area (Å²) in [5.74, 6) is 0.482. The summed E-state index contributed by atoms with van der Waals surface area (Å²) in [5, 5.41) is 32.8. The molecule has 22 heavy (non-hydrogen) atoms. The van der Waals surface area contributed by atoms with Crippen LogP contribution in [0.25, 0.3) is 0 Å². The van der Waals surface area contributed by atoms with Crippen molar-refractivity contribution in [1.29, 1.82) is 5.26 Å². The second-order valence-corrected chi connectivity index (χ2v) is 4.91. The minimum atomic E-state index is -0.744. The third kappa shape index (κ3) is 3.62. The van der Waals surface area contributed by atoms with Gasteiger partial charge < -0.3 is 14.8 Å². The molecular formula is C15H15N3O4. The highest BCUT2D eigenvalue weighted by atomic mass is 16.6. The van der Waals surface area contributed by atoms with Gasteiger partial charge >= 0.3 is 0 Å². The summed E-state index contributed by atoms with van der Waals surface area (Å²) in [7, 11) is 0. The van der Waals surface area contributed by atoms with Crippen LogP contribution >= 0.6 is 0 Å².